The molecule has 0 fully saturated rings. The molecule has 6 nitrogen and oxygen atoms in total. The van der Waals surface area contributed by atoms with Crippen LogP contribution >= 0.6 is 0 Å². The molecule has 0 saturated carbocycles. The molecule has 0 radical (unpaired) electrons. The maximum absolute atomic E-state index is 12.0. The topological polar surface area (TPSA) is 70.2 Å². The smallest absolute Gasteiger partial charge is 0.239 e. The zero-order valence-corrected chi connectivity index (χ0v) is 15.3. The second kappa shape index (κ2) is 10.6. The number of fused-ring (bicyclic) bond motifs is 1. The van der Waals surface area contributed by atoms with Gasteiger partial charge in [0.25, 0.3) is 0 Å². The highest BCUT2D eigenvalue weighted by Crippen LogP contribution is 2.17. The molecule has 2 N–H and O–H groups in total. The summed E-state index contributed by atoms with van der Waals surface area (Å²) in [6, 6.07) is 7.76. The number of carbonyl (C=O) groups is 1. The van der Waals surface area contributed by atoms with Gasteiger partial charge in [0.15, 0.2) is 0 Å². The normalized spacial score (nSPS) is 11.0. The lowest BCUT2D eigenvalue weighted by atomic mass is 10.2. The van der Waals surface area contributed by atoms with Crippen LogP contribution in [0.15, 0.2) is 30.6 Å². The highest BCUT2D eigenvalue weighted by atomic mass is 16.1. The summed E-state index contributed by atoms with van der Waals surface area (Å²) in [5.74, 6) is 0.686. The molecule has 0 bridgehead atoms. The van der Waals surface area contributed by atoms with Crippen molar-refractivity contribution in [1.29, 1.82) is 0 Å². The minimum Gasteiger partial charge on any atom is -0.360 e. The Morgan fingerprint density at radius 2 is 1.88 bits per heavy atom. The molecular formula is C19H29N5O. The van der Waals surface area contributed by atoms with Crippen LogP contribution in [0.4, 0.5) is 5.82 Å². The number of benzene rings is 1. The minimum absolute atomic E-state index is 0.00793. The van der Waals surface area contributed by atoms with Gasteiger partial charge in [-0.2, -0.15) is 0 Å². The number of nitrogens with zero attached hydrogens (tertiary/aromatic N) is 3. The van der Waals surface area contributed by atoms with Crippen LogP contribution in [-0.4, -0.2) is 53.5 Å². The number of carbonyl (C=O) groups excluding carboxylic acids is 1. The van der Waals surface area contributed by atoms with Gasteiger partial charge in [-0.3, -0.25) is 4.79 Å². The van der Waals surface area contributed by atoms with Crippen molar-refractivity contribution in [2.75, 3.05) is 38.0 Å². The van der Waals surface area contributed by atoms with Crippen LogP contribution in [0.25, 0.3) is 10.9 Å². The van der Waals surface area contributed by atoms with E-state index in [1.807, 2.05) is 24.3 Å². The van der Waals surface area contributed by atoms with Crippen LogP contribution in [0, 0.1) is 0 Å². The van der Waals surface area contributed by atoms with E-state index >= 15 is 0 Å². The summed E-state index contributed by atoms with van der Waals surface area (Å²) in [6.07, 6.45) is 4.85. The number of unbranched alkanes of at least 4 members (excludes halogenated alkanes) is 2. The predicted molar refractivity (Wildman–Crippen MR) is 103 cm³/mol. The Labute approximate surface area is 150 Å². The fourth-order valence-corrected chi connectivity index (χ4v) is 2.78. The van der Waals surface area contributed by atoms with E-state index in [1.165, 1.54) is 12.7 Å². The SMILES string of the molecule is CCN(CC)CCCCCNC(=O)CNc1ncnc2ccccc12. The van der Waals surface area contributed by atoms with Gasteiger partial charge in [0.05, 0.1) is 12.1 Å². The van der Waals surface area contributed by atoms with Crippen LogP contribution in [0.2, 0.25) is 0 Å². The summed E-state index contributed by atoms with van der Waals surface area (Å²) in [5, 5.41) is 6.98. The lowest BCUT2D eigenvalue weighted by molar-refractivity contribution is -0.119. The van der Waals surface area contributed by atoms with Crippen LogP contribution in [-0.2, 0) is 4.79 Å². The Balaban J connectivity index is 1.64. The van der Waals surface area contributed by atoms with E-state index < -0.39 is 0 Å². The molecule has 1 amide bonds. The Bertz CT molecular complexity index is 652. The summed E-state index contributed by atoms with van der Waals surface area (Å²) in [5.41, 5.74) is 0.869. The van der Waals surface area contributed by atoms with Crippen molar-refractivity contribution in [3.8, 4) is 0 Å². The lowest BCUT2D eigenvalue weighted by Crippen LogP contribution is -2.31. The maximum Gasteiger partial charge on any atom is 0.239 e. The molecule has 25 heavy (non-hydrogen) atoms. The molecule has 6 heteroatoms. The van der Waals surface area contributed by atoms with Gasteiger partial charge in [-0.1, -0.05) is 32.4 Å². The highest BCUT2D eigenvalue weighted by molar-refractivity contribution is 5.90. The molecule has 1 heterocycles. The Hall–Kier alpha value is -2.21. The number of hydrogen-bond acceptors (Lipinski definition) is 5. The molecule has 0 aliphatic heterocycles. The van der Waals surface area contributed by atoms with Gasteiger partial charge in [0.2, 0.25) is 5.91 Å². The molecule has 0 atom stereocenters. The largest absolute Gasteiger partial charge is 0.360 e. The van der Waals surface area contributed by atoms with E-state index in [0.29, 0.717) is 5.82 Å². The maximum atomic E-state index is 12.0. The predicted octanol–water partition coefficient (Wildman–Crippen LogP) is 2.67. The fourth-order valence-electron chi connectivity index (χ4n) is 2.78. The molecule has 0 saturated heterocycles. The number of nitrogens with one attached hydrogen (secondary N) is 2. The molecule has 0 aliphatic carbocycles. The van der Waals surface area contributed by atoms with Gasteiger partial charge in [-0.05, 0) is 44.6 Å². The van der Waals surface area contributed by atoms with E-state index in [1.54, 1.807) is 0 Å². The molecule has 1 aromatic heterocycles. The van der Waals surface area contributed by atoms with Gasteiger partial charge in [-0.25, -0.2) is 9.97 Å². The van der Waals surface area contributed by atoms with Crippen molar-refractivity contribution < 1.29 is 4.79 Å². The van der Waals surface area contributed by atoms with Gasteiger partial charge in [-0.15, -0.1) is 0 Å². The molecule has 1 aromatic carbocycles. The summed E-state index contributed by atoms with van der Waals surface area (Å²) in [7, 11) is 0. The standard InChI is InChI=1S/C19H29N5O/c1-3-24(4-2)13-9-5-8-12-20-18(25)14-21-19-16-10-6-7-11-17(16)22-15-23-19/h6-7,10-11,15H,3-5,8-9,12-14H2,1-2H3,(H,20,25)(H,21,22,23). The van der Waals surface area contributed by atoms with E-state index in [-0.39, 0.29) is 12.5 Å². The van der Waals surface area contributed by atoms with Crippen molar-refractivity contribution in [3.05, 3.63) is 30.6 Å². The van der Waals surface area contributed by atoms with E-state index in [0.717, 1.165) is 49.9 Å². The first-order valence-corrected chi connectivity index (χ1v) is 9.17. The Morgan fingerprint density at radius 3 is 2.68 bits per heavy atom. The second-order valence-corrected chi connectivity index (χ2v) is 6.03. The van der Waals surface area contributed by atoms with Crippen LogP contribution in [0.1, 0.15) is 33.1 Å². The third-order valence-corrected chi connectivity index (χ3v) is 4.33. The fraction of sp³-hybridized carbons (Fsp3) is 0.526. The van der Waals surface area contributed by atoms with Crippen molar-refractivity contribution in [1.82, 2.24) is 20.2 Å². The number of para-hydroxylation sites is 1. The van der Waals surface area contributed by atoms with Gasteiger partial charge in [0, 0.05) is 11.9 Å². The molecule has 0 unspecified atom stereocenters. The summed E-state index contributed by atoms with van der Waals surface area (Å²) in [4.78, 5) is 22.8. The number of aromatic nitrogens is 2. The highest BCUT2D eigenvalue weighted by Gasteiger charge is 2.05. The molecule has 136 valence electrons. The first-order chi connectivity index (χ1) is 12.2. The van der Waals surface area contributed by atoms with E-state index in [9.17, 15) is 4.79 Å². The quantitative estimate of drug-likeness (QED) is 0.614. The summed E-state index contributed by atoms with van der Waals surface area (Å²) in [6.45, 7) is 8.69. The zero-order chi connectivity index (χ0) is 17.9. The molecule has 2 rings (SSSR count). The molecular weight excluding hydrogens is 314 g/mol. The molecule has 0 aliphatic rings. The first kappa shape index (κ1) is 19.1. The average molecular weight is 343 g/mol. The molecule has 0 spiro atoms. The van der Waals surface area contributed by atoms with Crippen molar-refractivity contribution in [3.63, 3.8) is 0 Å². The first-order valence-electron chi connectivity index (χ1n) is 9.17. The number of anilines is 1. The van der Waals surface area contributed by atoms with Gasteiger partial charge >= 0.3 is 0 Å². The minimum atomic E-state index is -0.00793. The molecule has 2 aromatic rings. The number of hydrogen-bond donors (Lipinski definition) is 2. The number of amides is 1. The van der Waals surface area contributed by atoms with Crippen molar-refractivity contribution in [2.24, 2.45) is 0 Å². The van der Waals surface area contributed by atoms with Crippen molar-refractivity contribution in [2.45, 2.75) is 33.1 Å². The van der Waals surface area contributed by atoms with E-state index in [4.69, 9.17) is 0 Å². The summed E-state index contributed by atoms with van der Waals surface area (Å²) < 4.78 is 0. The third kappa shape index (κ3) is 6.31. The van der Waals surface area contributed by atoms with Crippen LogP contribution < -0.4 is 10.6 Å². The average Bonchev–Trinajstić information content (AvgIpc) is 2.65. The number of rotatable bonds is 11. The van der Waals surface area contributed by atoms with E-state index in [2.05, 4.69) is 39.3 Å². The monoisotopic (exact) mass is 343 g/mol. The van der Waals surface area contributed by atoms with Gasteiger partial charge < -0.3 is 15.5 Å². The van der Waals surface area contributed by atoms with Gasteiger partial charge in [0.1, 0.15) is 12.1 Å². The second-order valence-electron chi connectivity index (χ2n) is 6.03. The Morgan fingerprint density at radius 1 is 1.08 bits per heavy atom. The summed E-state index contributed by atoms with van der Waals surface area (Å²) >= 11 is 0. The third-order valence-electron chi connectivity index (χ3n) is 4.33. The Kier molecular flexibility index (Phi) is 8.12. The van der Waals surface area contributed by atoms with Crippen LogP contribution in [0.3, 0.4) is 0 Å². The zero-order valence-electron chi connectivity index (χ0n) is 15.3. The van der Waals surface area contributed by atoms with Crippen LogP contribution in [0.5, 0.6) is 0 Å². The van der Waals surface area contributed by atoms with Crippen molar-refractivity contribution >= 4 is 22.6 Å². The lowest BCUT2D eigenvalue weighted by Gasteiger charge is -2.17.